The summed E-state index contributed by atoms with van der Waals surface area (Å²) in [7, 11) is 1.76. The number of fused-ring (bicyclic) bond motifs is 1. The highest BCUT2D eigenvalue weighted by atomic mass is 127. The van der Waals surface area contributed by atoms with Gasteiger partial charge in [0.15, 0.2) is 5.96 Å². The second kappa shape index (κ2) is 10.8. The molecule has 0 fully saturated rings. The lowest BCUT2D eigenvalue weighted by atomic mass is 10.2. The minimum atomic E-state index is 0. The van der Waals surface area contributed by atoms with E-state index in [1.54, 1.807) is 13.3 Å². The number of nitrogens with one attached hydrogen (secondary N) is 3. The number of hydrogen-bond acceptors (Lipinski definition) is 4. The van der Waals surface area contributed by atoms with E-state index in [2.05, 4.69) is 30.6 Å². The van der Waals surface area contributed by atoms with E-state index >= 15 is 0 Å². The minimum absolute atomic E-state index is 0. The van der Waals surface area contributed by atoms with Gasteiger partial charge in [-0.05, 0) is 30.7 Å². The van der Waals surface area contributed by atoms with Gasteiger partial charge < -0.3 is 20.0 Å². The number of oxazole rings is 1. The number of benzene rings is 2. The molecule has 2 heterocycles. The van der Waals surface area contributed by atoms with Gasteiger partial charge in [-0.25, -0.2) is 9.97 Å². The van der Waals surface area contributed by atoms with Crippen LogP contribution in [0.3, 0.4) is 0 Å². The van der Waals surface area contributed by atoms with Crippen LogP contribution >= 0.6 is 24.0 Å². The zero-order valence-electron chi connectivity index (χ0n) is 16.8. The first-order chi connectivity index (χ1) is 14.3. The van der Waals surface area contributed by atoms with Gasteiger partial charge in [0.05, 0.1) is 23.3 Å². The van der Waals surface area contributed by atoms with E-state index in [0.29, 0.717) is 12.4 Å². The molecule has 0 saturated carbocycles. The normalized spacial score (nSPS) is 11.3. The van der Waals surface area contributed by atoms with E-state index in [-0.39, 0.29) is 24.0 Å². The molecule has 0 atom stereocenters. The molecular weight excluding hydrogens is 491 g/mol. The van der Waals surface area contributed by atoms with E-state index in [1.165, 1.54) is 0 Å². The topological polar surface area (TPSA) is 91.1 Å². The summed E-state index contributed by atoms with van der Waals surface area (Å²) in [5, 5.41) is 6.58. The highest BCUT2D eigenvalue weighted by molar-refractivity contribution is 14.0. The van der Waals surface area contributed by atoms with Crippen molar-refractivity contribution in [3.8, 4) is 11.5 Å². The van der Waals surface area contributed by atoms with Crippen LogP contribution < -0.4 is 10.6 Å². The number of para-hydroxylation sites is 2. The van der Waals surface area contributed by atoms with Gasteiger partial charge in [0.25, 0.3) is 0 Å². The lowest BCUT2D eigenvalue weighted by Crippen LogP contribution is -2.37. The summed E-state index contributed by atoms with van der Waals surface area (Å²) in [4.78, 5) is 16.7. The number of nitrogens with zero attached hydrogens (tertiary/aromatic N) is 3. The Kier molecular flexibility index (Phi) is 7.83. The molecule has 0 bridgehead atoms. The van der Waals surface area contributed by atoms with E-state index < -0.39 is 0 Å². The number of H-pyrrole nitrogens is 1. The Morgan fingerprint density at radius 3 is 2.63 bits per heavy atom. The Bertz CT molecular complexity index is 1060. The third-order valence-electron chi connectivity index (χ3n) is 4.55. The van der Waals surface area contributed by atoms with Crippen molar-refractivity contribution in [3.05, 3.63) is 72.4 Å². The lowest BCUT2D eigenvalue weighted by molar-refractivity contribution is 0.572. The zero-order valence-corrected chi connectivity index (χ0v) is 19.1. The summed E-state index contributed by atoms with van der Waals surface area (Å²) in [5.41, 5.74) is 3.88. The molecule has 0 unspecified atom stereocenters. The summed E-state index contributed by atoms with van der Waals surface area (Å²) in [6.45, 7) is 1.34. The Morgan fingerprint density at radius 2 is 1.83 bits per heavy atom. The van der Waals surface area contributed by atoms with Crippen molar-refractivity contribution in [1.29, 1.82) is 0 Å². The summed E-state index contributed by atoms with van der Waals surface area (Å²) in [6, 6.07) is 17.9. The molecule has 30 heavy (non-hydrogen) atoms. The van der Waals surface area contributed by atoms with Crippen molar-refractivity contribution in [3.63, 3.8) is 0 Å². The van der Waals surface area contributed by atoms with Gasteiger partial charge in [0, 0.05) is 25.6 Å². The maximum Gasteiger partial charge on any atom is 0.226 e. The molecule has 7 nitrogen and oxygen atoms in total. The van der Waals surface area contributed by atoms with Crippen molar-refractivity contribution < 1.29 is 4.42 Å². The minimum Gasteiger partial charge on any atom is -0.444 e. The molecule has 2 aromatic heterocycles. The van der Waals surface area contributed by atoms with Crippen LogP contribution in [0.5, 0.6) is 0 Å². The number of aryl methyl sites for hydroxylation is 1. The van der Waals surface area contributed by atoms with Crippen LogP contribution in [0.15, 0.2) is 70.3 Å². The van der Waals surface area contributed by atoms with Gasteiger partial charge in [0.2, 0.25) is 5.89 Å². The van der Waals surface area contributed by atoms with Crippen molar-refractivity contribution in [2.45, 2.75) is 19.4 Å². The standard InChI is InChI=1S/C22H24N6O.HI/c1-23-22(24-13-7-12-20-27-18-10-5-6-11-19(18)28-20)25-14-17-15-29-21(26-17)16-8-3-2-4-9-16;/h2-6,8-11,15H,7,12-14H2,1H3,(H,27,28)(H2,23,24,25);1H. The Hall–Kier alpha value is -2.88. The van der Waals surface area contributed by atoms with Crippen LogP contribution in [0.4, 0.5) is 0 Å². The predicted octanol–water partition coefficient (Wildman–Crippen LogP) is 4.13. The van der Waals surface area contributed by atoms with Crippen LogP contribution in [-0.2, 0) is 13.0 Å². The number of hydrogen-bond donors (Lipinski definition) is 3. The summed E-state index contributed by atoms with van der Waals surface area (Å²) >= 11 is 0. The molecule has 0 saturated heterocycles. The molecule has 0 amide bonds. The lowest BCUT2D eigenvalue weighted by Gasteiger charge is -2.10. The highest BCUT2D eigenvalue weighted by Gasteiger charge is 2.07. The molecule has 0 radical (unpaired) electrons. The average molecular weight is 516 g/mol. The van der Waals surface area contributed by atoms with E-state index in [4.69, 9.17) is 4.42 Å². The van der Waals surface area contributed by atoms with Gasteiger partial charge >= 0.3 is 0 Å². The first-order valence-electron chi connectivity index (χ1n) is 9.70. The van der Waals surface area contributed by atoms with Crippen molar-refractivity contribution in [2.75, 3.05) is 13.6 Å². The number of rotatable bonds is 7. The molecule has 0 aliphatic heterocycles. The quantitative estimate of drug-likeness (QED) is 0.149. The van der Waals surface area contributed by atoms with Crippen molar-refractivity contribution in [1.82, 2.24) is 25.6 Å². The fourth-order valence-electron chi connectivity index (χ4n) is 3.08. The average Bonchev–Trinajstić information content (AvgIpc) is 3.40. The number of guanidine groups is 1. The van der Waals surface area contributed by atoms with E-state index in [1.807, 2.05) is 54.6 Å². The Morgan fingerprint density at radius 1 is 1.03 bits per heavy atom. The van der Waals surface area contributed by atoms with Crippen LogP contribution in [-0.4, -0.2) is 34.5 Å². The number of aliphatic imine (C=N–C) groups is 1. The molecule has 2 aromatic carbocycles. The largest absolute Gasteiger partial charge is 0.444 e. The van der Waals surface area contributed by atoms with E-state index in [9.17, 15) is 0 Å². The molecule has 0 spiro atoms. The maximum absolute atomic E-state index is 5.57. The molecular formula is C22H25IN6O. The summed E-state index contributed by atoms with van der Waals surface area (Å²) in [5.74, 6) is 2.36. The fraction of sp³-hybridized carbons (Fsp3) is 0.227. The highest BCUT2D eigenvalue weighted by Crippen LogP contribution is 2.17. The second-order valence-electron chi connectivity index (χ2n) is 6.67. The van der Waals surface area contributed by atoms with Crippen LogP contribution in [0, 0.1) is 0 Å². The third-order valence-corrected chi connectivity index (χ3v) is 4.55. The maximum atomic E-state index is 5.57. The first-order valence-corrected chi connectivity index (χ1v) is 9.70. The molecule has 0 aliphatic carbocycles. The van der Waals surface area contributed by atoms with Crippen LogP contribution in [0.25, 0.3) is 22.5 Å². The van der Waals surface area contributed by atoms with Gasteiger partial charge in [-0.15, -0.1) is 24.0 Å². The number of halogens is 1. The molecule has 156 valence electrons. The van der Waals surface area contributed by atoms with Crippen LogP contribution in [0.1, 0.15) is 17.9 Å². The number of aromatic nitrogens is 3. The third kappa shape index (κ3) is 5.59. The van der Waals surface area contributed by atoms with Gasteiger partial charge in [-0.2, -0.15) is 0 Å². The number of aromatic amines is 1. The summed E-state index contributed by atoms with van der Waals surface area (Å²) in [6.07, 6.45) is 3.50. The van der Waals surface area contributed by atoms with E-state index in [0.717, 1.165) is 53.5 Å². The monoisotopic (exact) mass is 516 g/mol. The second-order valence-corrected chi connectivity index (χ2v) is 6.67. The fourth-order valence-corrected chi connectivity index (χ4v) is 3.08. The predicted molar refractivity (Wildman–Crippen MR) is 130 cm³/mol. The summed E-state index contributed by atoms with van der Waals surface area (Å²) < 4.78 is 5.57. The van der Waals surface area contributed by atoms with Crippen LogP contribution in [0.2, 0.25) is 0 Å². The van der Waals surface area contributed by atoms with Gasteiger partial charge in [-0.1, -0.05) is 30.3 Å². The Labute approximate surface area is 192 Å². The zero-order chi connectivity index (χ0) is 19.9. The first kappa shape index (κ1) is 21.8. The Balaban J connectivity index is 0.00000256. The van der Waals surface area contributed by atoms with Crippen molar-refractivity contribution >= 4 is 41.0 Å². The van der Waals surface area contributed by atoms with Gasteiger partial charge in [0.1, 0.15) is 12.1 Å². The van der Waals surface area contributed by atoms with Gasteiger partial charge in [-0.3, -0.25) is 4.99 Å². The number of imidazole rings is 1. The molecule has 4 aromatic rings. The molecule has 0 aliphatic rings. The molecule has 4 rings (SSSR count). The van der Waals surface area contributed by atoms with Crippen molar-refractivity contribution in [2.24, 2.45) is 4.99 Å². The molecule has 3 N–H and O–H groups in total. The molecule has 8 heteroatoms. The SMILES string of the molecule is CN=C(NCCCc1nc2ccccc2[nH]1)NCc1coc(-c2ccccc2)n1.I. The smallest absolute Gasteiger partial charge is 0.226 e.